The summed E-state index contributed by atoms with van der Waals surface area (Å²) in [6.07, 6.45) is 0. The van der Waals surface area contributed by atoms with Crippen molar-refractivity contribution in [3.8, 4) is 11.8 Å². The van der Waals surface area contributed by atoms with Gasteiger partial charge in [0.1, 0.15) is 5.82 Å². The fourth-order valence-corrected chi connectivity index (χ4v) is 3.38. The van der Waals surface area contributed by atoms with E-state index in [1.807, 2.05) is 6.92 Å². The van der Waals surface area contributed by atoms with Crippen LogP contribution in [0.2, 0.25) is 0 Å². The number of hydrogen-bond acceptors (Lipinski definition) is 2. The predicted molar refractivity (Wildman–Crippen MR) is 101 cm³/mol. The maximum absolute atomic E-state index is 13.7. The van der Waals surface area contributed by atoms with Gasteiger partial charge in [-0.1, -0.05) is 53.8 Å². The van der Waals surface area contributed by atoms with Crippen molar-refractivity contribution in [3.63, 3.8) is 0 Å². The van der Waals surface area contributed by atoms with Crippen LogP contribution < -0.4 is 4.72 Å². The summed E-state index contributed by atoms with van der Waals surface area (Å²) in [6, 6.07) is 19.5. The van der Waals surface area contributed by atoms with Gasteiger partial charge in [0.15, 0.2) is 0 Å². The van der Waals surface area contributed by atoms with E-state index in [-0.39, 0.29) is 10.5 Å². The number of sulfonamides is 1. The van der Waals surface area contributed by atoms with Crippen molar-refractivity contribution in [2.45, 2.75) is 11.8 Å². The molecule has 26 heavy (non-hydrogen) atoms. The molecule has 130 valence electrons. The second kappa shape index (κ2) is 7.42. The molecule has 0 fully saturated rings. The molecule has 3 nitrogen and oxygen atoms in total. The van der Waals surface area contributed by atoms with Gasteiger partial charge in [0.25, 0.3) is 10.0 Å². The summed E-state index contributed by atoms with van der Waals surface area (Å²) < 4.78 is 41.4. The minimum atomic E-state index is -3.74. The summed E-state index contributed by atoms with van der Waals surface area (Å²) in [4.78, 5) is 0.167. The predicted octanol–water partition coefficient (Wildman–Crippen LogP) is 4.33. The molecule has 0 saturated carbocycles. The van der Waals surface area contributed by atoms with Crippen LogP contribution in [0.15, 0.2) is 77.7 Å². The first-order chi connectivity index (χ1) is 12.5. The van der Waals surface area contributed by atoms with Crippen LogP contribution in [0.25, 0.3) is 0 Å². The molecule has 1 N–H and O–H groups in total. The van der Waals surface area contributed by atoms with Crippen LogP contribution in [0, 0.1) is 24.6 Å². The third-order valence-corrected chi connectivity index (χ3v) is 5.09. The Balaban J connectivity index is 1.93. The summed E-state index contributed by atoms with van der Waals surface area (Å²) in [5.41, 5.74) is 2.03. The van der Waals surface area contributed by atoms with Crippen molar-refractivity contribution in [1.29, 1.82) is 0 Å². The lowest BCUT2D eigenvalue weighted by Gasteiger charge is -2.10. The highest BCUT2D eigenvalue weighted by molar-refractivity contribution is 7.92. The lowest BCUT2D eigenvalue weighted by Crippen LogP contribution is -2.13. The molecule has 5 heteroatoms. The number of para-hydroxylation sites is 1. The van der Waals surface area contributed by atoms with Gasteiger partial charge in [-0.3, -0.25) is 4.72 Å². The average Bonchev–Trinajstić information content (AvgIpc) is 2.62. The van der Waals surface area contributed by atoms with Crippen LogP contribution in [-0.4, -0.2) is 8.42 Å². The third kappa shape index (κ3) is 4.11. The van der Waals surface area contributed by atoms with Crippen molar-refractivity contribution in [2.75, 3.05) is 4.72 Å². The molecule has 0 heterocycles. The standard InChI is InChI=1S/C21H16FNO2S/c1-16-10-14-19(15-11-16)26(24,25)23-21-9-5-3-7-18(21)13-12-17-6-2-4-8-20(17)22/h2-11,14-15,23H,1H3. The fourth-order valence-electron chi connectivity index (χ4n) is 2.30. The molecule has 0 aliphatic rings. The Labute approximate surface area is 152 Å². The van der Waals surface area contributed by atoms with E-state index in [4.69, 9.17) is 0 Å². The smallest absolute Gasteiger partial charge is 0.261 e. The first kappa shape index (κ1) is 17.7. The number of nitrogens with one attached hydrogen (secondary N) is 1. The molecule has 0 atom stereocenters. The number of benzene rings is 3. The summed E-state index contributed by atoms with van der Waals surface area (Å²) in [5.74, 6) is 5.16. The summed E-state index contributed by atoms with van der Waals surface area (Å²) in [7, 11) is -3.74. The molecule has 0 unspecified atom stereocenters. The zero-order valence-corrected chi connectivity index (χ0v) is 14.8. The minimum absolute atomic E-state index is 0.167. The van der Waals surface area contributed by atoms with E-state index >= 15 is 0 Å². The number of hydrogen-bond donors (Lipinski definition) is 1. The Bertz CT molecular complexity index is 1090. The van der Waals surface area contributed by atoms with Gasteiger partial charge in [-0.2, -0.15) is 0 Å². The van der Waals surface area contributed by atoms with Gasteiger partial charge in [-0.05, 0) is 43.3 Å². The van der Waals surface area contributed by atoms with Gasteiger partial charge < -0.3 is 0 Å². The van der Waals surface area contributed by atoms with Crippen molar-refractivity contribution in [1.82, 2.24) is 0 Å². The molecular formula is C21H16FNO2S. The Kier molecular flexibility index (Phi) is 5.06. The molecule has 0 radical (unpaired) electrons. The van der Waals surface area contributed by atoms with Gasteiger partial charge in [0.05, 0.1) is 16.1 Å². The highest BCUT2D eigenvalue weighted by Gasteiger charge is 2.15. The quantitative estimate of drug-likeness (QED) is 0.702. The Morgan fingerprint density at radius 3 is 2.08 bits per heavy atom. The molecule has 0 spiro atoms. The number of halogens is 1. The highest BCUT2D eigenvalue weighted by atomic mass is 32.2. The van der Waals surface area contributed by atoms with Crippen LogP contribution in [0.1, 0.15) is 16.7 Å². The molecule has 0 aliphatic carbocycles. The Hall–Kier alpha value is -3.10. The highest BCUT2D eigenvalue weighted by Crippen LogP contribution is 2.20. The Morgan fingerprint density at radius 2 is 1.38 bits per heavy atom. The van der Waals surface area contributed by atoms with Crippen molar-refractivity contribution in [3.05, 3.63) is 95.3 Å². The number of anilines is 1. The largest absolute Gasteiger partial charge is 0.278 e. The van der Waals surface area contributed by atoms with E-state index in [2.05, 4.69) is 16.6 Å². The van der Waals surface area contributed by atoms with Crippen LogP contribution in [0.3, 0.4) is 0 Å². The first-order valence-electron chi connectivity index (χ1n) is 7.91. The maximum atomic E-state index is 13.7. The normalized spacial score (nSPS) is 10.7. The van der Waals surface area contributed by atoms with E-state index in [0.717, 1.165) is 5.56 Å². The van der Waals surface area contributed by atoms with Crippen LogP contribution in [-0.2, 0) is 10.0 Å². The lowest BCUT2D eigenvalue weighted by atomic mass is 10.1. The summed E-state index contributed by atoms with van der Waals surface area (Å²) in [5, 5.41) is 0. The first-order valence-corrected chi connectivity index (χ1v) is 9.39. The molecule has 0 amide bonds. The van der Waals surface area contributed by atoms with Crippen molar-refractivity contribution < 1.29 is 12.8 Å². The topological polar surface area (TPSA) is 46.2 Å². The van der Waals surface area contributed by atoms with Gasteiger partial charge in [0, 0.05) is 5.56 Å². The zero-order valence-electron chi connectivity index (χ0n) is 14.0. The van der Waals surface area contributed by atoms with E-state index in [0.29, 0.717) is 11.3 Å². The Morgan fingerprint density at radius 1 is 0.808 bits per heavy atom. The lowest BCUT2D eigenvalue weighted by molar-refractivity contribution is 0.601. The average molecular weight is 365 g/mol. The van der Waals surface area contributed by atoms with Gasteiger partial charge in [0.2, 0.25) is 0 Å². The van der Waals surface area contributed by atoms with Gasteiger partial charge in [-0.25, -0.2) is 12.8 Å². The van der Waals surface area contributed by atoms with Crippen LogP contribution in [0.4, 0.5) is 10.1 Å². The molecular weight excluding hydrogens is 349 g/mol. The van der Waals surface area contributed by atoms with Crippen molar-refractivity contribution in [2.24, 2.45) is 0 Å². The summed E-state index contributed by atoms with van der Waals surface area (Å²) in [6.45, 7) is 1.89. The minimum Gasteiger partial charge on any atom is -0.278 e. The molecule has 0 saturated heterocycles. The second-order valence-corrected chi connectivity index (χ2v) is 7.38. The van der Waals surface area contributed by atoms with E-state index < -0.39 is 15.8 Å². The molecule has 3 rings (SSSR count). The van der Waals surface area contributed by atoms with E-state index in [1.165, 1.54) is 6.07 Å². The van der Waals surface area contributed by atoms with E-state index in [1.54, 1.807) is 66.7 Å². The maximum Gasteiger partial charge on any atom is 0.261 e. The van der Waals surface area contributed by atoms with Crippen LogP contribution >= 0.6 is 0 Å². The van der Waals surface area contributed by atoms with Gasteiger partial charge >= 0.3 is 0 Å². The number of rotatable bonds is 3. The third-order valence-electron chi connectivity index (χ3n) is 3.71. The van der Waals surface area contributed by atoms with Crippen molar-refractivity contribution >= 4 is 15.7 Å². The SMILES string of the molecule is Cc1ccc(S(=O)(=O)Nc2ccccc2C#Cc2ccccc2F)cc1. The van der Waals surface area contributed by atoms with Crippen LogP contribution in [0.5, 0.6) is 0 Å². The zero-order chi connectivity index (χ0) is 18.6. The van der Waals surface area contributed by atoms with Gasteiger partial charge in [-0.15, -0.1) is 0 Å². The fraction of sp³-hybridized carbons (Fsp3) is 0.0476. The van der Waals surface area contributed by atoms with E-state index in [9.17, 15) is 12.8 Å². The molecule has 3 aromatic rings. The molecule has 3 aromatic carbocycles. The monoisotopic (exact) mass is 365 g/mol. The molecule has 0 bridgehead atoms. The molecule has 0 aliphatic heterocycles. The summed E-state index contributed by atoms with van der Waals surface area (Å²) >= 11 is 0. The number of aryl methyl sites for hydroxylation is 1. The second-order valence-electron chi connectivity index (χ2n) is 5.69. The molecule has 0 aromatic heterocycles.